The third-order valence-corrected chi connectivity index (χ3v) is 3.92. The Morgan fingerprint density at radius 3 is 2.58 bits per heavy atom. The van der Waals surface area contributed by atoms with Gasteiger partial charge in [-0.1, -0.05) is 38.1 Å². The van der Waals surface area contributed by atoms with E-state index < -0.39 is 0 Å². The summed E-state index contributed by atoms with van der Waals surface area (Å²) in [5, 5.41) is 1.55. The fourth-order valence-electron chi connectivity index (χ4n) is 2.60. The second kappa shape index (κ2) is 4.54. The lowest BCUT2D eigenvalue weighted by Gasteiger charge is -2.13. The monoisotopic (exact) mass is 251 g/mol. The van der Waals surface area contributed by atoms with Crippen LogP contribution in [0.2, 0.25) is 0 Å². The van der Waals surface area contributed by atoms with Crippen LogP contribution in [0.3, 0.4) is 0 Å². The number of fused-ring (bicyclic) bond motifs is 2. The molecule has 2 nitrogen and oxygen atoms in total. The second-order valence-electron chi connectivity index (χ2n) is 5.08. The van der Waals surface area contributed by atoms with Crippen LogP contribution in [0, 0.1) is 0 Å². The second-order valence-corrected chi connectivity index (χ2v) is 5.08. The first-order valence-corrected chi connectivity index (χ1v) is 6.76. The van der Waals surface area contributed by atoms with Gasteiger partial charge in [0.1, 0.15) is 0 Å². The van der Waals surface area contributed by atoms with Crippen molar-refractivity contribution in [2.45, 2.75) is 26.2 Å². The van der Waals surface area contributed by atoms with E-state index in [9.17, 15) is 4.79 Å². The van der Waals surface area contributed by atoms with Gasteiger partial charge in [-0.3, -0.25) is 4.79 Å². The van der Waals surface area contributed by atoms with Gasteiger partial charge in [0.05, 0.1) is 5.52 Å². The van der Waals surface area contributed by atoms with Crippen molar-refractivity contribution in [3.63, 3.8) is 0 Å². The van der Waals surface area contributed by atoms with Gasteiger partial charge in [-0.15, -0.1) is 0 Å². The van der Waals surface area contributed by atoms with Crippen LogP contribution in [-0.4, -0.2) is 4.98 Å². The molecule has 0 spiro atoms. The molecule has 2 aromatic carbocycles. The summed E-state index contributed by atoms with van der Waals surface area (Å²) >= 11 is 0. The lowest BCUT2D eigenvalue weighted by molar-refractivity contribution is 0.738. The zero-order valence-corrected chi connectivity index (χ0v) is 11.2. The molecule has 0 aliphatic carbocycles. The molecular weight excluding hydrogens is 234 g/mol. The van der Waals surface area contributed by atoms with Crippen molar-refractivity contribution in [3.05, 3.63) is 58.3 Å². The summed E-state index contributed by atoms with van der Waals surface area (Å²) in [6.07, 6.45) is 1.06. The summed E-state index contributed by atoms with van der Waals surface area (Å²) < 4.78 is 0. The van der Waals surface area contributed by atoms with Crippen LogP contribution in [0.5, 0.6) is 0 Å². The van der Waals surface area contributed by atoms with E-state index in [2.05, 4.69) is 24.9 Å². The van der Waals surface area contributed by atoms with Gasteiger partial charge in [0.2, 0.25) is 0 Å². The summed E-state index contributed by atoms with van der Waals surface area (Å²) in [5.41, 5.74) is 3.24. The Bertz CT molecular complexity index is 801. The van der Waals surface area contributed by atoms with Crippen molar-refractivity contribution in [2.75, 3.05) is 0 Å². The molecule has 0 aliphatic rings. The molecular formula is C17H17NO. The molecule has 0 radical (unpaired) electrons. The van der Waals surface area contributed by atoms with Crippen LogP contribution in [0.25, 0.3) is 21.8 Å². The Morgan fingerprint density at radius 1 is 1.05 bits per heavy atom. The summed E-state index contributed by atoms with van der Waals surface area (Å²) in [6.45, 7) is 4.37. The molecule has 0 saturated carbocycles. The highest BCUT2D eigenvalue weighted by atomic mass is 16.1. The van der Waals surface area contributed by atoms with Crippen molar-refractivity contribution in [3.8, 4) is 0 Å². The summed E-state index contributed by atoms with van der Waals surface area (Å²) in [7, 11) is 0. The van der Waals surface area contributed by atoms with Gasteiger partial charge < -0.3 is 4.98 Å². The van der Waals surface area contributed by atoms with E-state index in [1.54, 1.807) is 0 Å². The molecule has 1 unspecified atom stereocenters. The van der Waals surface area contributed by atoms with Crippen LogP contribution < -0.4 is 5.43 Å². The largest absolute Gasteiger partial charge is 0.354 e. The maximum Gasteiger partial charge on any atom is 0.197 e. The highest BCUT2D eigenvalue weighted by molar-refractivity contribution is 5.93. The summed E-state index contributed by atoms with van der Waals surface area (Å²) in [6, 6.07) is 13.7. The molecule has 3 aromatic rings. The SMILES string of the molecule is CCC(C)c1cccc2c(=O)c3ccccc3[nH]c12. The first kappa shape index (κ1) is 12.0. The number of pyridine rings is 1. The van der Waals surface area contributed by atoms with Gasteiger partial charge in [0.15, 0.2) is 5.43 Å². The number of H-pyrrole nitrogens is 1. The number of para-hydroxylation sites is 2. The number of hydrogen-bond acceptors (Lipinski definition) is 1. The lowest BCUT2D eigenvalue weighted by Crippen LogP contribution is -2.06. The van der Waals surface area contributed by atoms with Crippen molar-refractivity contribution >= 4 is 21.8 Å². The van der Waals surface area contributed by atoms with Gasteiger partial charge in [0.25, 0.3) is 0 Å². The fourth-order valence-corrected chi connectivity index (χ4v) is 2.60. The Morgan fingerprint density at radius 2 is 1.79 bits per heavy atom. The summed E-state index contributed by atoms with van der Waals surface area (Å²) in [4.78, 5) is 16.0. The number of rotatable bonds is 2. The Balaban J connectivity index is 2.48. The first-order valence-electron chi connectivity index (χ1n) is 6.76. The predicted octanol–water partition coefficient (Wildman–Crippen LogP) is 4.19. The maximum absolute atomic E-state index is 12.5. The van der Waals surface area contributed by atoms with Crippen molar-refractivity contribution in [1.29, 1.82) is 0 Å². The van der Waals surface area contributed by atoms with Gasteiger partial charge in [0, 0.05) is 16.3 Å². The topological polar surface area (TPSA) is 32.9 Å². The van der Waals surface area contributed by atoms with Crippen LogP contribution in [0.1, 0.15) is 31.7 Å². The van der Waals surface area contributed by atoms with Crippen molar-refractivity contribution < 1.29 is 0 Å². The van der Waals surface area contributed by atoms with Crippen LogP contribution >= 0.6 is 0 Å². The smallest absolute Gasteiger partial charge is 0.197 e. The molecule has 1 atom stereocenters. The Hall–Kier alpha value is -2.09. The molecule has 0 amide bonds. The number of hydrogen-bond donors (Lipinski definition) is 1. The average Bonchev–Trinajstić information content (AvgIpc) is 2.46. The molecule has 19 heavy (non-hydrogen) atoms. The molecule has 0 saturated heterocycles. The lowest BCUT2D eigenvalue weighted by atomic mass is 9.95. The Kier molecular flexibility index (Phi) is 2.86. The van der Waals surface area contributed by atoms with Crippen LogP contribution in [-0.2, 0) is 0 Å². The molecule has 0 fully saturated rings. The molecule has 0 bridgehead atoms. The third-order valence-electron chi connectivity index (χ3n) is 3.92. The highest BCUT2D eigenvalue weighted by Gasteiger charge is 2.11. The molecule has 2 heteroatoms. The molecule has 1 N–H and O–H groups in total. The fraction of sp³-hybridized carbons (Fsp3) is 0.235. The van der Waals surface area contributed by atoms with Crippen LogP contribution in [0.15, 0.2) is 47.3 Å². The van der Waals surface area contributed by atoms with E-state index in [-0.39, 0.29) is 5.43 Å². The minimum atomic E-state index is 0.120. The quantitative estimate of drug-likeness (QED) is 0.680. The number of nitrogens with one attached hydrogen (secondary N) is 1. The minimum absolute atomic E-state index is 0.120. The van der Waals surface area contributed by atoms with E-state index in [1.807, 2.05) is 36.4 Å². The standard InChI is InChI=1S/C17H17NO/c1-3-11(2)12-8-6-9-14-16(12)18-15-10-5-4-7-13(15)17(14)19/h4-11H,3H2,1-2H3,(H,18,19). The van der Waals surface area contributed by atoms with Gasteiger partial charge >= 0.3 is 0 Å². The molecule has 96 valence electrons. The zero-order chi connectivity index (χ0) is 13.4. The van der Waals surface area contributed by atoms with Gasteiger partial charge in [-0.05, 0) is 36.1 Å². The van der Waals surface area contributed by atoms with E-state index in [1.165, 1.54) is 5.56 Å². The molecule has 1 aromatic heterocycles. The maximum atomic E-state index is 12.5. The highest BCUT2D eigenvalue weighted by Crippen LogP contribution is 2.26. The average molecular weight is 251 g/mol. The third kappa shape index (κ3) is 1.84. The van der Waals surface area contributed by atoms with E-state index >= 15 is 0 Å². The number of benzene rings is 2. The van der Waals surface area contributed by atoms with E-state index in [4.69, 9.17) is 0 Å². The summed E-state index contributed by atoms with van der Waals surface area (Å²) in [5.74, 6) is 0.445. The van der Waals surface area contributed by atoms with Gasteiger partial charge in [-0.25, -0.2) is 0 Å². The minimum Gasteiger partial charge on any atom is -0.354 e. The molecule has 3 rings (SSSR count). The number of aromatic amines is 1. The molecule has 0 aliphatic heterocycles. The van der Waals surface area contributed by atoms with Crippen LogP contribution in [0.4, 0.5) is 0 Å². The first-order chi connectivity index (χ1) is 9.22. The Labute approximate surface area is 112 Å². The van der Waals surface area contributed by atoms with Gasteiger partial charge in [-0.2, -0.15) is 0 Å². The number of aromatic nitrogens is 1. The van der Waals surface area contributed by atoms with Crippen molar-refractivity contribution in [1.82, 2.24) is 4.98 Å². The van der Waals surface area contributed by atoms with Crippen molar-refractivity contribution in [2.24, 2.45) is 0 Å². The van der Waals surface area contributed by atoms with E-state index in [0.29, 0.717) is 5.92 Å². The molecule has 1 heterocycles. The normalized spacial score (nSPS) is 12.9. The zero-order valence-electron chi connectivity index (χ0n) is 11.2. The van der Waals surface area contributed by atoms with E-state index in [0.717, 1.165) is 28.2 Å². The predicted molar refractivity (Wildman–Crippen MR) is 80.8 cm³/mol.